The van der Waals surface area contributed by atoms with Crippen LogP contribution in [0.1, 0.15) is 66.7 Å². The minimum Gasteiger partial charge on any atom is -0.508 e. The summed E-state index contributed by atoms with van der Waals surface area (Å²) in [5, 5.41) is 32.2. The van der Waals surface area contributed by atoms with Gasteiger partial charge >= 0.3 is 5.97 Å². The van der Waals surface area contributed by atoms with E-state index < -0.39 is 35.6 Å². The summed E-state index contributed by atoms with van der Waals surface area (Å²) >= 11 is 0. The number of anilines is 2. The number of aliphatic hydroxyl groups is 1. The Morgan fingerprint density at radius 2 is 1.90 bits per heavy atom. The van der Waals surface area contributed by atoms with Crippen molar-refractivity contribution >= 4 is 28.6 Å². The van der Waals surface area contributed by atoms with Crippen molar-refractivity contribution in [2.75, 3.05) is 11.5 Å². The number of aromatic nitrogens is 2. The standard InChI is InChI=1S/C39H40N4O8/c1-4-21(2)38(48)50-30-18-28-35(47)34-29(46)17-26(20-44)49-37(34)33(36(28)51-39(30,3)12-10-22-8-9-31(40)43-19-22)27(24-11-13-42-32(41)16-24)15-23-6-5-7-25(45)14-23/h4-9,11,13-14,16-17,19,27,30,44-45,47H,10,12,15,18,20H2,1-3H3,(H2,40,43)(H2,41,42)/b21-4-/t27-,30-,39+/m1/s1. The van der Waals surface area contributed by atoms with Crippen LogP contribution in [0, 0.1) is 0 Å². The summed E-state index contributed by atoms with van der Waals surface area (Å²) < 4.78 is 19.3. The highest BCUT2D eigenvalue weighted by Crippen LogP contribution is 2.51. The molecule has 264 valence electrons. The first-order valence-electron chi connectivity index (χ1n) is 16.6. The third-order valence-electron chi connectivity index (χ3n) is 9.51. The van der Waals surface area contributed by atoms with Crippen LogP contribution < -0.4 is 21.6 Å². The summed E-state index contributed by atoms with van der Waals surface area (Å²) in [7, 11) is 0. The molecule has 0 unspecified atom stereocenters. The van der Waals surface area contributed by atoms with E-state index in [0.29, 0.717) is 35.4 Å². The Morgan fingerprint density at radius 1 is 1.10 bits per heavy atom. The highest BCUT2D eigenvalue weighted by atomic mass is 16.6. The number of esters is 1. The Kier molecular flexibility index (Phi) is 9.71. The fourth-order valence-corrected chi connectivity index (χ4v) is 6.56. The number of hydrogen-bond donors (Lipinski definition) is 5. The number of aromatic hydroxyl groups is 2. The Bertz CT molecular complexity index is 2200. The zero-order valence-electron chi connectivity index (χ0n) is 28.6. The van der Waals surface area contributed by atoms with Gasteiger partial charge in [0.2, 0.25) is 0 Å². The first kappa shape index (κ1) is 35.0. The third kappa shape index (κ3) is 7.08. The average Bonchev–Trinajstić information content (AvgIpc) is 3.11. The van der Waals surface area contributed by atoms with Crippen molar-refractivity contribution in [2.24, 2.45) is 0 Å². The van der Waals surface area contributed by atoms with E-state index in [1.165, 1.54) is 0 Å². The minimum absolute atomic E-state index is 0.00183. The summed E-state index contributed by atoms with van der Waals surface area (Å²) in [6, 6.07) is 15.0. The number of carbonyl (C=O) groups is 1. The molecule has 0 bridgehead atoms. The average molecular weight is 693 g/mol. The van der Waals surface area contributed by atoms with E-state index in [0.717, 1.165) is 17.2 Å². The number of rotatable bonds is 10. The number of phenolic OH excluding ortho intramolecular Hbond substituents is 2. The van der Waals surface area contributed by atoms with Crippen molar-refractivity contribution < 1.29 is 34.0 Å². The number of allylic oxidation sites excluding steroid dienone is 1. The Balaban J connectivity index is 1.62. The number of aliphatic hydroxyl groups excluding tert-OH is 1. The van der Waals surface area contributed by atoms with Gasteiger partial charge in [-0.3, -0.25) is 4.79 Å². The molecular weight excluding hydrogens is 652 g/mol. The van der Waals surface area contributed by atoms with Crippen LogP contribution in [0.15, 0.2) is 87.9 Å². The number of hydrogen-bond acceptors (Lipinski definition) is 12. The van der Waals surface area contributed by atoms with Gasteiger partial charge in [0.25, 0.3) is 0 Å². The van der Waals surface area contributed by atoms with E-state index in [9.17, 15) is 24.9 Å². The van der Waals surface area contributed by atoms with E-state index in [-0.39, 0.29) is 58.2 Å². The Hall–Kier alpha value is -5.88. The van der Waals surface area contributed by atoms with Crippen LogP contribution in [-0.2, 0) is 35.4 Å². The van der Waals surface area contributed by atoms with E-state index in [4.69, 9.17) is 25.4 Å². The molecule has 0 amide bonds. The summed E-state index contributed by atoms with van der Waals surface area (Å²) in [4.78, 5) is 35.3. The molecule has 12 nitrogen and oxygen atoms in total. The number of nitrogen functional groups attached to an aromatic ring is 2. The highest BCUT2D eigenvalue weighted by Gasteiger charge is 2.47. The number of nitrogens with two attached hydrogens (primary N) is 2. The molecule has 51 heavy (non-hydrogen) atoms. The third-order valence-corrected chi connectivity index (χ3v) is 9.51. The molecule has 1 aliphatic heterocycles. The lowest BCUT2D eigenvalue weighted by Gasteiger charge is -2.43. The summed E-state index contributed by atoms with van der Waals surface area (Å²) in [5.41, 5.74) is 13.7. The second-order valence-electron chi connectivity index (χ2n) is 13.0. The van der Waals surface area contributed by atoms with Gasteiger partial charge in [0.1, 0.15) is 63.9 Å². The number of aryl methyl sites for hydroxylation is 1. The van der Waals surface area contributed by atoms with Crippen molar-refractivity contribution in [3.05, 3.63) is 122 Å². The second kappa shape index (κ2) is 14.2. The van der Waals surface area contributed by atoms with Gasteiger partial charge < -0.3 is 40.7 Å². The van der Waals surface area contributed by atoms with Crippen LogP contribution in [0.5, 0.6) is 17.2 Å². The number of carbonyl (C=O) groups excluding carboxylic acids is 1. The normalized spacial score (nSPS) is 17.8. The molecule has 0 saturated heterocycles. The molecule has 3 atom stereocenters. The molecule has 0 radical (unpaired) electrons. The second-order valence-corrected chi connectivity index (χ2v) is 13.0. The van der Waals surface area contributed by atoms with Gasteiger partial charge in [-0.1, -0.05) is 24.3 Å². The lowest BCUT2D eigenvalue weighted by molar-refractivity contribution is -0.158. The zero-order valence-corrected chi connectivity index (χ0v) is 28.6. The fourth-order valence-electron chi connectivity index (χ4n) is 6.56. The van der Waals surface area contributed by atoms with Gasteiger partial charge in [0, 0.05) is 47.5 Å². The zero-order chi connectivity index (χ0) is 36.4. The smallest absolute Gasteiger partial charge is 0.333 e. The van der Waals surface area contributed by atoms with Crippen LogP contribution in [0.3, 0.4) is 0 Å². The predicted octanol–water partition coefficient (Wildman–Crippen LogP) is 5.23. The van der Waals surface area contributed by atoms with Gasteiger partial charge in [0.05, 0.1) is 0 Å². The maximum absolute atomic E-state index is 13.7. The van der Waals surface area contributed by atoms with Crippen molar-refractivity contribution in [3.63, 3.8) is 0 Å². The molecule has 3 aromatic heterocycles. The van der Waals surface area contributed by atoms with Crippen LogP contribution in [0.4, 0.5) is 11.6 Å². The molecule has 6 rings (SSSR count). The van der Waals surface area contributed by atoms with Gasteiger partial charge in [-0.25, -0.2) is 14.8 Å². The fraction of sp³-hybridized carbons (Fsp3) is 0.282. The number of fused-ring (bicyclic) bond motifs is 2. The van der Waals surface area contributed by atoms with E-state index >= 15 is 0 Å². The first-order chi connectivity index (χ1) is 24.4. The summed E-state index contributed by atoms with van der Waals surface area (Å²) in [6.07, 6.45) is 5.09. The van der Waals surface area contributed by atoms with Crippen LogP contribution in [-0.4, -0.2) is 43.0 Å². The quantitative estimate of drug-likeness (QED) is 0.0943. The number of pyridine rings is 2. The lowest BCUT2D eigenvalue weighted by atomic mass is 9.79. The molecule has 0 fully saturated rings. The topological polar surface area (TPSA) is 204 Å². The molecule has 0 saturated carbocycles. The minimum atomic E-state index is -1.17. The molecule has 0 aliphatic carbocycles. The van der Waals surface area contributed by atoms with E-state index in [2.05, 4.69) is 9.97 Å². The van der Waals surface area contributed by atoms with E-state index in [1.807, 2.05) is 19.1 Å². The molecule has 2 aromatic carbocycles. The van der Waals surface area contributed by atoms with Gasteiger partial charge in [-0.05, 0) is 87.1 Å². The molecule has 7 N–H and O–H groups in total. The summed E-state index contributed by atoms with van der Waals surface area (Å²) in [5.74, 6) is -0.635. The predicted molar refractivity (Wildman–Crippen MR) is 191 cm³/mol. The Morgan fingerprint density at radius 3 is 2.59 bits per heavy atom. The van der Waals surface area contributed by atoms with Crippen LogP contribution in [0.2, 0.25) is 0 Å². The van der Waals surface area contributed by atoms with Crippen molar-refractivity contribution in [2.45, 2.75) is 70.7 Å². The lowest BCUT2D eigenvalue weighted by Crippen LogP contribution is -2.52. The number of ether oxygens (including phenoxy) is 2. The maximum atomic E-state index is 13.7. The van der Waals surface area contributed by atoms with Gasteiger partial charge in [-0.2, -0.15) is 0 Å². The molecular formula is C39H40N4O8. The molecule has 5 aromatic rings. The number of benzene rings is 2. The highest BCUT2D eigenvalue weighted by molar-refractivity contribution is 5.92. The van der Waals surface area contributed by atoms with Gasteiger partial charge in [0.15, 0.2) is 5.43 Å². The van der Waals surface area contributed by atoms with Crippen molar-refractivity contribution in [3.8, 4) is 17.2 Å². The first-order valence-corrected chi connectivity index (χ1v) is 16.6. The SMILES string of the molecule is C/C=C(/C)C(=O)O[C@@H]1Cc2c(c([C@H](Cc3cccc(O)c3)c3ccnc(N)c3)c3oc(CO)cc(=O)c3c2O)O[C@@]1(C)CCc1ccc(N)nc1. The van der Waals surface area contributed by atoms with Crippen molar-refractivity contribution in [1.29, 1.82) is 0 Å². The largest absolute Gasteiger partial charge is 0.508 e. The number of nitrogens with zero attached hydrogens (tertiary/aromatic N) is 2. The van der Waals surface area contributed by atoms with Crippen LogP contribution in [0.25, 0.3) is 11.0 Å². The maximum Gasteiger partial charge on any atom is 0.333 e. The molecule has 12 heteroatoms. The van der Waals surface area contributed by atoms with Crippen LogP contribution >= 0.6 is 0 Å². The molecule has 1 aliphatic rings. The monoisotopic (exact) mass is 692 g/mol. The van der Waals surface area contributed by atoms with Crippen molar-refractivity contribution in [1.82, 2.24) is 9.97 Å². The molecule has 4 heterocycles. The van der Waals surface area contributed by atoms with Gasteiger partial charge in [-0.15, -0.1) is 0 Å². The van der Waals surface area contributed by atoms with E-state index in [1.54, 1.807) is 68.7 Å². The number of phenols is 2. The Labute approximate surface area is 294 Å². The summed E-state index contributed by atoms with van der Waals surface area (Å²) in [6.45, 7) is 4.65. The molecule has 0 spiro atoms.